The van der Waals surface area contributed by atoms with E-state index in [0.29, 0.717) is 33.0 Å². The van der Waals surface area contributed by atoms with E-state index >= 15 is 0 Å². The van der Waals surface area contributed by atoms with Crippen LogP contribution in [0, 0.1) is 0 Å². The highest BCUT2D eigenvalue weighted by Crippen LogP contribution is 2.54. The van der Waals surface area contributed by atoms with Crippen LogP contribution in [-0.2, 0) is 9.47 Å². The normalized spacial score (nSPS) is 11.8. The summed E-state index contributed by atoms with van der Waals surface area (Å²) in [6.07, 6.45) is 0.907. The molecule has 0 unspecified atom stereocenters. The van der Waals surface area contributed by atoms with E-state index in [1.165, 1.54) is 15.9 Å². The minimum atomic E-state index is -1.87. The molecule has 178 valence electrons. The lowest BCUT2D eigenvalue weighted by molar-refractivity contribution is 0.0570. The third-order valence-electron chi connectivity index (χ3n) is 5.29. The largest absolute Gasteiger partial charge is 0.377 e. The highest BCUT2D eigenvalue weighted by Gasteiger charge is 2.44. The maximum absolute atomic E-state index is 6.02. The monoisotopic (exact) mass is 478 g/mol. The van der Waals surface area contributed by atoms with Gasteiger partial charge in [0.25, 0.3) is 0 Å². The van der Waals surface area contributed by atoms with Gasteiger partial charge in [-0.2, -0.15) is 4.99 Å². The number of guanidine groups is 2. The SMILES string of the molecule is NC(N)=NC(N)=NCCOCCOCC[P+](c1ccccc1)(c1ccccc1)c1ccccc1. The fourth-order valence-corrected chi connectivity index (χ4v) is 7.91. The molecule has 3 aromatic rings. The maximum atomic E-state index is 6.02. The van der Waals surface area contributed by atoms with Crippen molar-refractivity contribution in [1.82, 2.24) is 0 Å². The first kappa shape index (κ1) is 25.4. The first-order valence-corrected chi connectivity index (χ1v) is 13.2. The van der Waals surface area contributed by atoms with Crippen LogP contribution in [0.1, 0.15) is 0 Å². The second kappa shape index (κ2) is 13.5. The Balaban J connectivity index is 1.63. The molecule has 0 fully saturated rings. The Morgan fingerprint density at radius 1 is 0.618 bits per heavy atom. The molecule has 0 amide bonds. The van der Waals surface area contributed by atoms with E-state index < -0.39 is 7.26 Å². The molecule has 0 aliphatic heterocycles. The minimum absolute atomic E-state index is 0.0443. The zero-order valence-electron chi connectivity index (χ0n) is 19.3. The van der Waals surface area contributed by atoms with E-state index in [2.05, 4.69) is 101 Å². The van der Waals surface area contributed by atoms with Gasteiger partial charge >= 0.3 is 0 Å². The summed E-state index contributed by atoms with van der Waals surface area (Å²) in [5.74, 6) is -0.0705. The van der Waals surface area contributed by atoms with Crippen LogP contribution in [0.4, 0.5) is 0 Å². The number of hydrogen-bond acceptors (Lipinski definition) is 3. The molecule has 0 saturated heterocycles. The highest BCUT2D eigenvalue weighted by atomic mass is 31.2. The molecule has 0 saturated carbocycles. The van der Waals surface area contributed by atoms with Crippen molar-refractivity contribution in [3.05, 3.63) is 91.0 Å². The van der Waals surface area contributed by atoms with Crippen molar-refractivity contribution in [2.75, 3.05) is 39.1 Å². The molecule has 0 atom stereocenters. The van der Waals surface area contributed by atoms with Crippen molar-refractivity contribution in [2.45, 2.75) is 0 Å². The molecule has 0 spiro atoms. The summed E-state index contributed by atoms with van der Waals surface area (Å²) in [6.45, 7) is 2.41. The van der Waals surface area contributed by atoms with Crippen molar-refractivity contribution in [2.24, 2.45) is 27.2 Å². The number of rotatable bonds is 12. The van der Waals surface area contributed by atoms with Gasteiger partial charge in [0.05, 0.1) is 39.1 Å². The fraction of sp³-hybridized carbons (Fsp3) is 0.231. The van der Waals surface area contributed by atoms with Crippen LogP contribution in [0.3, 0.4) is 0 Å². The molecule has 0 aliphatic carbocycles. The van der Waals surface area contributed by atoms with E-state index in [4.69, 9.17) is 26.7 Å². The molecule has 0 aromatic heterocycles. The summed E-state index contributed by atoms with van der Waals surface area (Å²) in [5, 5.41) is 4.05. The van der Waals surface area contributed by atoms with Gasteiger partial charge in [-0.15, -0.1) is 0 Å². The van der Waals surface area contributed by atoms with Crippen LogP contribution in [0.5, 0.6) is 0 Å². The van der Waals surface area contributed by atoms with E-state index in [-0.39, 0.29) is 11.9 Å². The van der Waals surface area contributed by atoms with E-state index in [1.807, 2.05) is 0 Å². The third kappa shape index (κ3) is 7.12. The summed E-state index contributed by atoms with van der Waals surface area (Å²) in [7, 11) is -1.87. The Kier molecular flexibility index (Phi) is 10.0. The predicted octanol–water partition coefficient (Wildman–Crippen LogP) is 1.60. The Hall–Kier alpha value is -3.25. The van der Waals surface area contributed by atoms with Gasteiger partial charge in [0.1, 0.15) is 23.2 Å². The van der Waals surface area contributed by atoms with Gasteiger partial charge in [-0.1, -0.05) is 54.6 Å². The first-order valence-electron chi connectivity index (χ1n) is 11.2. The average molecular weight is 479 g/mol. The molecule has 3 rings (SSSR count). The molecule has 8 heteroatoms. The van der Waals surface area contributed by atoms with Crippen LogP contribution >= 0.6 is 7.26 Å². The van der Waals surface area contributed by atoms with Crippen LogP contribution in [-0.4, -0.2) is 51.1 Å². The number of hydrogen-bond donors (Lipinski definition) is 3. The highest BCUT2D eigenvalue weighted by molar-refractivity contribution is 7.95. The lowest BCUT2D eigenvalue weighted by Crippen LogP contribution is -2.34. The molecular weight excluding hydrogens is 445 g/mol. The van der Waals surface area contributed by atoms with E-state index in [9.17, 15) is 0 Å². The molecule has 0 heterocycles. The molecule has 6 N–H and O–H groups in total. The van der Waals surface area contributed by atoms with Crippen molar-refractivity contribution in [3.8, 4) is 0 Å². The molecule has 0 aliphatic rings. The van der Waals surface area contributed by atoms with Crippen molar-refractivity contribution in [3.63, 3.8) is 0 Å². The maximum Gasteiger partial charge on any atom is 0.218 e. The number of nitrogens with zero attached hydrogens (tertiary/aromatic N) is 2. The van der Waals surface area contributed by atoms with E-state index in [1.54, 1.807) is 0 Å². The van der Waals surface area contributed by atoms with Crippen LogP contribution < -0.4 is 33.1 Å². The fourth-order valence-electron chi connectivity index (χ4n) is 3.80. The zero-order valence-corrected chi connectivity index (χ0v) is 20.2. The molecular formula is C26H33N5O2P+. The summed E-state index contributed by atoms with van der Waals surface area (Å²) >= 11 is 0. The minimum Gasteiger partial charge on any atom is -0.377 e. The number of aliphatic imine (C=N–C) groups is 2. The van der Waals surface area contributed by atoms with Gasteiger partial charge in [0.15, 0.2) is 5.96 Å². The van der Waals surface area contributed by atoms with E-state index in [0.717, 1.165) is 6.16 Å². The quantitative estimate of drug-likeness (QED) is 0.158. The second-order valence-corrected chi connectivity index (χ2v) is 11.2. The van der Waals surface area contributed by atoms with Crippen LogP contribution in [0.2, 0.25) is 0 Å². The Labute approximate surface area is 202 Å². The topological polar surface area (TPSA) is 121 Å². The summed E-state index contributed by atoms with van der Waals surface area (Å²) in [5.41, 5.74) is 16.1. The molecule has 34 heavy (non-hydrogen) atoms. The van der Waals surface area contributed by atoms with Gasteiger partial charge in [0.2, 0.25) is 5.96 Å². The van der Waals surface area contributed by atoms with Gasteiger partial charge in [-0.05, 0) is 36.4 Å². The van der Waals surface area contributed by atoms with Gasteiger partial charge in [-0.3, -0.25) is 0 Å². The Bertz CT molecular complexity index is 946. The van der Waals surface area contributed by atoms with Crippen LogP contribution in [0.25, 0.3) is 0 Å². The molecule has 0 radical (unpaired) electrons. The van der Waals surface area contributed by atoms with Gasteiger partial charge in [-0.25, -0.2) is 4.99 Å². The standard InChI is InChI=1S/C26H33N5O2P/c27-25(28)31-26(29)30-16-17-32-18-19-33-20-21-34(22-10-4-1-5-11-22,23-12-6-2-7-13-23)24-14-8-3-9-15-24/h1-15H,16-21H2,(H6,27,28,29,30,31)/q+1. The van der Waals surface area contributed by atoms with Crippen molar-refractivity contribution >= 4 is 35.1 Å². The Morgan fingerprint density at radius 3 is 1.50 bits per heavy atom. The summed E-state index contributed by atoms with van der Waals surface area (Å²) in [6, 6.07) is 32.4. The molecule has 0 bridgehead atoms. The summed E-state index contributed by atoms with van der Waals surface area (Å²) < 4.78 is 11.6. The predicted molar refractivity (Wildman–Crippen MR) is 144 cm³/mol. The van der Waals surface area contributed by atoms with Gasteiger partial charge in [0, 0.05) is 0 Å². The molecule has 7 nitrogen and oxygen atoms in total. The zero-order chi connectivity index (χ0) is 24.1. The summed E-state index contributed by atoms with van der Waals surface area (Å²) in [4.78, 5) is 7.67. The van der Waals surface area contributed by atoms with Crippen molar-refractivity contribution < 1.29 is 9.47 Å². The lowest BCUT2D eigenvalue weighted by Gasteiger charge is -2.27. The van der Waals surface area contributed by atoms with Crippen molar-refractivity contribution in [1.29, 1.82) is 0 Å². The first-order chi connectivity index (χ1) is 16.6. The van der Waals surface area contributed by atoms with Crippen LogP contribution in [0.15, 0.2) is 101 Å². The number of nitrogens with two attached hydrogens (primary N) is 3. The molecule has 3 aromatic carbocycles. The second-order valence-electron chi connectivity index (χ2n) is 7.54. The smallest absolute Gasteiger partial charge is 0.218 e. The average Bonchev–Trinajstić information content (AvgIpc) is 2.86. The third-order valence-corrected chi connectivity index (χ3v) is 9.68. The number of benzene rings is 3. The number of ether oxygens (including phenoxy) is 2. The van der Waals surface area contributed by atoms with Gasteiger partial charge < -0.3 is 26.7 Å². The Morgan fingerprint density at radius 2 is 1.06 bits per heavy atom. The lowest BCUT2D eigenvalue weighted by atomic mass is 10.4.